The van der Waals surface area contributed by atoms with Gasteiger partial charge in [-0.05, 0) is 77.0 Å². The van der Waals surface area contributed by atoms with Gasteiger partial charge in [0.2, 0.25) is 11.9 Å². The van der Waals surface area contributed by atoms with Crippen molar-refractivity contribution in [3.63, 3.8) is 0 Å². The van der Waals surface area contributed by atoms with Crippen molar-refractivity contribution < 1.29 is 23.9 Å². The van der Waals surface area contributed by atoms with Gasteiger partial charge >= 0.3 is 6.09 Å². The van der Waals surface area contributed by atoms with Crippen molar-refractivity contribution in [2.24, 2.45) is 5.73 Å². The zero-order valence-corrected chi connectivity index (χ0v) is 28.8. The number of likely N-dealkylation sites (tertiary alicyclic amines) is 1. The number of fused-ring (bicyclic) bond motifs is 1. The number of nitrogens with zero attached hydrogens (tertiary/aromatic N) is 6. The molecule has 0 atom stereocenters. The molecular weight excluding hydrogens is 626 g/mol. The van der Waals surface area contributed by atoms with Crippen molar-refractivity contribution in [1.29, 1.82) is 0 Å². The number of aryl methyl sites for hydroxylation is 3. The van der Waals surface area contributed by atoms with Gasteiger partial charge in [0.1, 0.15) is 23.6 Å². The van der Waals surface area contributed by atoms with E-state index < -0.39 is 12.0 Å². The molecule has 4 aromatic rings. The summed E-state index contributed by atoms with van der Waals surface area (Å²) >= 11 is 0. The Balaban J connectivity index is 1.13. The van der Waals surface area contributed by atoms with E-state index in [-0.39, 0.29) is 17.4 Å². The molecule has 1 aliphatic rings. The van der Waals surface area contributed by atoms with Crippen LogP contribution in [0, 0.1) is 6.92 Å². The number of carbonyl (C=O) groups excluding carboxylic acids is 3. The van der Waals surface area contributed by atoms with E-state index in [1.807, 2.05) is 19.9 Å². The molecule has 262 valence electrons. The fraction of sp³-hybridized carbons (Fsp3) is 0.457. The van der Waals surface area contributed by atoms with Crippen LogP contribution in [0.1, 0.15) is 58.3 Å². The number of alkyl carbamates (subject to hydrolysis) is 1. The van der Waals surface area contributed by atoms with E-state index >= 15 is 0 Å². The molecule has 0 spiro atoms. The van der Waals surface area contributed by atoms with Gasteiger partial charge in [-0.15, -0.1) is 0 Å². The lowest BCUT2D eigenvalue weighted by Gasteiger charge is -2.36. The van der Waals surface area contributed by atoms with Crippen LogP contribution in [0.5, 0.6) is 5.75 Å². The van der Waals surface area contributed by atoms with E-state index in [9.17, 15) is 14.4 Å². The summed E-state index contributed by atoms with van der Waals surface area (Å²) in [5.74, 6) is -0.358. The molecule has 0 bridgehead atoms. The number of primary amides is 1. The lowest BCUT2D eigenvalue weighted by atomic mass is 10.0. The molecule has 0 aliphatic carbocycles. The van der Waals surface area contributed by atoms with Gasteiger partial charge in [-0.25, -0.2) is 9.78 Å². The van der Waals surface area contributed by atoms with Gasteiger partial charge in [-0.1, -0.05) is 30.3 Å². The number of benzene rings is 2. The third-order valence-electron chi connectivity index (χ3n) is 8.91. The van der Waals surface area contributed by atoms with Gasteiger partial charge in [0.05, 0.1) is 18.3 Å². The van der Waals surface area contributed by atoms with Crippen LogP contribution in [0.15, 0.2) is 48.5 Å². The van der Waals surface area contributed by atoms with Gasteiger partial charge < -0.3 is 25.1 Å². The highest BCUT2D eigenvalue weighted by Crippen LogP contribution is 2.31. The molecule has 2 aromatic heterocycles. The number of amides is 3. The van der Waals surface area contributed by atoms with E-state index in [0.717, 1.165) is 38.2 Å². The number of nitrogens with two attached hydrogens (primary N) is 1. The molecule has 1 saturated heterocycles. The zero-order valence-electron chi connectivity index (χ0n) is 28.8. The number of ether oxygens (including phenoxy) is 2. The van der Waals surface area contributed by atoms with Gasteiger partial charge in [-0.3, -0.25) is 29.4 Å². The molecule has 3 amide bonds. The van der Waals surface area contributed by atoms with Crippen molar-refractivity contribution >= 4 is 34.9 Å². The second kappa shape index (κ2) is 16.4. The number of likely N-dealkylation sites (N-methyl/N-ethyl adjacent to an activating group) is 1. The standard InChI is InChI=1S/C35H47N9O5/c1-5-44-29(20-24(2)40-44)33(46)39-34-38-28-21-26(32(36)45)22-30(48-4)31(28)43(34)15-9-14-37-35(47)49-19-18-41(3)27-12-16-42(17-13-27)23-25-10-7-6-8-11-25/h6-8,10-11,20-22,27H,5,9,12-19,23H2,1-4H3,(H2,36,45)(H,37,47)(H,38,39,46). The number of imidazole rings is 1. The predicted molar refractivity (Wildman–Crippen MR) is 187 cm³/mol. The molecule has 3 heterocycles. The van der Waals surface area contributed by atoms with Crippen LogP contribution >= 0.6 is 0 Å². The summed E-state index contributed by atoms with van der Waals surface area (Å²) < 4.78 is 14.5. The van der Waals surface area contributed by atoms with Crippen molar-refractivity contribution in [3.8, 4) is 5.75 Å². The first kappa shape index (κ1) is 35.4. The van der Waals surface area contributed by atoms with Gasteiger partial charge in [0, 0.05) is 44.3 Å². The number of anilines is 1. The number of piperidine rings is 1. The Bertz CT molecular complexity index is 1750. The molecular formula is C35H47N9O5. The third-order valence-corrected chi connectivity index (χ3v) is 8.91. The highest BCUT2D eigenvalue weighted by molar-refractivity contribution is 6.04. The molecule has 0 saturated carbocycles. The van der Waals surface area contributed by atoms with E-state index in [2.05, 4.69) is 61.8 Å². The molecule has 1 fully saturated rings. The van der Waals surface area contributed by atoms with Crippen molar-refractivity contribution in [2.75, 3.05) is 52.3 Å². The number of aromatic nitrogens is 4. The van der Waals surface area contributed by atoms with Crippen LogP contribution < -0.4 is 21.1 Å². The second-order valence-electron chi connectivity index (χ2n) is 12.3. The molecule has 4 N–H and O–H groups in total. The molecule has 49 heavy (non-hydrogen) atoms. The molecule has 14 heteroatoms. The fourth-order valence-electron chi connectivity index (χ4n) is 6.28. The van der Waals surface area contributed by atoms with Crippen LogP contribution in [-0.4, -0.2) is 100 Å². The highest BCUT2D eigenvalue weighted by atomic mass is 16.5. The minimum Gasteiger partial charge on any atom is -0.494 e. The maximum absolute atomic E-state index is 13.3. The van der Waals surface area contributed by atoms with E-state index in [1.165, 1.54) is 12.7 Å². The summed E-state index contributed by atoms with van der Waals surface area (Å²) in [6.07, 6.45) is 2.17. The maximum Gasteiger partial charge on any atom is 0.407 e. The topological polar surface area (TPSA) is 162 Å². The number of nitrogens with one attached hydrogen (secondary N) is 2. The maximum atomic E-state index is 13.3. The van der Waals surface area contributed by atoms with Crippen molar-refractivity contribution in [3.05, 3.63) is 71.0 Å². The minimum absolute atomic E-state index is 0.232. The monoisotopic (exact) mass is 673 g/mol. The second-order valence-corrected chi connectivity index (χ2v) is 12.3. The summed E-state index contributed by atoms with van der Waals surface area (Å²) in [6, 6.07) is 15.8. The normalized spacial score (nSPS) is 13.9. The van der Waals surface area contributed by atoms with Gasteiger partial charge in [0.25, 0.3) is 5.91 Å². The Morgan fingerprint density at radius 3 is 2.55 bits per heavy atom. The molecule has 5 rings (SSSR count). The predicted octanol–water partition coefficient (Wildman–Crippen LogP) is 3.63. The Kier molecular flexibility index (Phi) is 11.9. The first-order valence-corrected chi connectivity index (χ1v) is 16.8. The van der Waals surface area contributed by atoms with Crippen molar-refractivity contribution in [2.45, 2.75) is 58.8 Å². The van der Waals surface area contributed by atoms with Crippen LogP contribution in [0.25, 0.3) is 11.0 Å². The average Bonchev–Trinajstić information content (AvgIpc) is 3.66. The Morgan fingerprint density at radius 2 is 1.86 bits per heavy atom. The van der Waals surface area contributed by atoms with Gasteiger partial charge in [-0.2, -0.15) is 5.10 Å². The number of hydrogen-bond donors (Lipinski definition) is 3. The van der Waals surface area contributed by atoms with Crippen LogP contribution in [0.4, 0.5) is 10.7 Å². The third kappa shape index (κ3) is 8.95. The van der Waals surface area contributed by atoms with E-state index in [4.69, 9.17) is 15.2 Å². The Labute approximate surface area is 286 Å². The number of carbonyl (C=O) groups is 3. The van der Waals surface area contributed by atoms with E-state index in [1.54, 1.807) is 27.4 Å². The molecule has 2 aromatic carbocycles. The quantitative estimate of drug-likeness (QED) is 0.160. The summed E-state index contributed by atoms with van der Waals surface area (Å²) in [6.45, 7) is 8.96. The lowest BCUT2D eigenvalue weighted by Crippen LogP contribution is -2.44. The minimum atomic E-state index is -0.624. The van der Waals surface area contributed by atoms with Crippen molar-refractivity contribution in [1.82, 2.24) is 34.4 Å². The Morgan fingerprint density at radius 1 is 1.10 bits per heavy atom. The summed E-state index contributed by atoms with van der Waals surface area (Å²) in [4.78, 5) is 47.2. The first-order valence-electron chi connectivity index (χ1n) is 16.8. The highest BCUT2D eigenvalue weighted by Gasteiger charge is 2.23. The number of rotatable bonds is 15. The molecule has 14 nitrogen and oxygen atoms in total. The van der Waals surface area contributed by atoms with Gasteiger partial charge in [0.15, 0.2) is 0 Å². The average molecular weight is 674 g/mol. The zero-order chi connectivity index (χ0) is 34.9. The molecule has 0 radical (unpaired) electrons. The summed E-state index contributed by atoms with van der Waals surface area (Å²) in [5.41, 5.74) is 9.24. The molecule has 1 aliphatic heterocycles. The summed E-state index contributed by atoms with van der Waals surface area (Å²) in [5, 5.41) is 10.1. The first-order chi connectivity index (χ1) is 23.7. The number of hydrogen-bond acceptors (Lipinski definition) is 9. The largest absolute Gasteiger partial charge is 0.494 e. The van der Waals surface area contributed by atoms with Crippen LogP contribution in [-0.2, 0) is 24.4 Å². The van der Waals surface area contributed by atoms with Crippen LogP contribution in [0.2, 0.25) is 0 Å². The number of methoxy groups -OCH3 is 1. The fourth-order valence-corrected chi connectivity index (χ4v) is 6.28. The van der Waals surface area contributed by atoms with E-state index in [0.29, 0.717) is 67.7 Å². The molecule has 0 unspecified atom stereocenters. The Hall–Kier alpha value is -4.95. The SMILES string of the molecule is CCn1nc(C)cc1C(=O)Nc1nc2cc(C(N)=O)cc(OC)c2n1CCCNC(=O)OCCN(C)C1CCN(Cc2ccccc2)CC1. The van der Waals surface area contributed by atoms with Crippen LogP contribution in [0.3, 0.4) is 0 Å². The smallest absolute Gasteiger partial charge is 0.407 e. The summed E-state index contributed by atoms with van der Waals surface area (Å²) in [7, 11) is 3.57. The lowest BCUT2D eigenvalue weighted by molar-refractivity contribution is 0.0933.